The normalized spacial score (nSPS) is 34.5. The van der Waals surface area contributed by atoms with Crippen LogP contribution in [0.25, 0.3) is 0 Å². The molecule has 1 aliphatic heterocycles. The lowest BCUT2D eigenvalue weighted by Gasteiger charge is -2.55. The smallest absolute Gasteiger partial charge is 0.446 e. The van der Waals surface area contributed by atoms with Gasteiger partial charge in [0.25, 0.3) is 0 Å². The number of thioether (sulfide) groups is 1. The minimum atomic E-state index is -5.40. The van der Waals surface area contributed by atoms with Gasteiger partial charge in [-0.2, -0.15) is 46.9 Å². The lowest BCUT2D eigenvalue weighted by molar-refractivity contribution is -0.284. The van der Waals surface area contributed by atoms with Crippen LogP contribution in [0.4, 0.5) is 39.9 Å². The molecule has 15 heteroatoms. The Kier molecular flexibility index (Phi) is 15.3. The molecule has 9 atom stereocenters. The molecule has 6 nitrogen and oxygen atoms in total. The summed E-state index contributed by atoms with van der Waals surface area (Å²) in [5.74, 6) is -0.918. The quantitative estimate of drug-likeness (QED) is 0.208. The molecule has 0 spiro atoms. The number of piperazine rings is 1. The molecule has 51 heavy (non-hydrogen) atoms. The number of aliphatic hydroxyl groups excluding tert-OH is 1. The summed E-state index contributed by atoms with van der Waals surface area (Å²) in [6.07, 6.45) is 0.0573. The van der Waals surface area contributed by atoms with Crippen molar-refractivity contribution in [2.45, 2.75) is 147 Å². The van der Waals surface area contributed by atoms with Gasteiger partial charge in [-0.25, -0.2) is 4.79 Å². The monoisotopic (exact) mass is 768 g/mol. The van der Waals surface area contributed by atoms with E-state index in [2.05, 4.69) is 6.92 Å². The first-order valence-electron chi connectivity index (χ1n) is 18.5. The van der Waals surface area contributed by atoms with Gasteiger partial charge in [0.05, 0.1) is 11.7 Å². The summed E-state index contributed by atoms with van der Waals surface area (Å²) in [6.45, 7) is 7.98. The van der Waals surface area contributed by atoms with Crippen LogP contribution in [0, 0.1) is 35.0 Å². The van der Waals surface area contributed by atoms with Crippen LogP contribution in [0.5, 0.6) is 0 Å². The highest BCUT2D eigenvalue weighted by atomic mass is 32.2. The summed E-state index contributed by atoms with van der Waals surface area (Å²) in [6, 6.07) is -1.63. The number of fused-ring (bicyclic) bond motifs is 5. The maximum atomic E-state index is 13.3. The fraction of sp³-hybridized carbons (Fsp3) is 0.972. The summed E-state index contributed by atoms with van der Waals surface area (Å²) in [4.78, 5) is 15.2. The van der Waals surface area contributed by atoms with Crippen LogP contribution in [0.15, 0.2) is 0 Å². The summed E-state index contributed by atoms with van der Waals surface area (Å²) in [5, 5.41) is 19.4. The fourth-order valence-electron chi connectivity index (χ4n) is 9.08. The number of halogens is 8. The van der Waals surface area contributed by atoms with Gasteiger partial charge in [-0.3, -0.25) is 4.90 Å². The third-order valence-electron chi connectivity index (χ3n) is 12.5. The third kappa shape index (κ3) is 11.5. The Bertz CT molecular complexity index is 1110. The number of carbonyl (C=O) groups is 1. The average molecular weight is 769 g/mol. The Morgan fingerprint density at radius 1 is 0.922 bits per heavy atom. The highest BCUT2D eigenvalue weighted by Crippen LogP contribution is 2.62. The molecule has 2 N–H and O–H groups in total. The molecule has 4 aliphatic carbocycles. The van der Waals surface area contributed by atoms with Gasteiger partial charge >= 0.3 is 24.4 Å². The van der Waals surface area contributed by atoms with E-state index in [1.807, 2.05) is 6.92 Å². The molecule has 0 aromatic heterocycles. The molecule has 1 saturated heterocycles. The van der Waals surface area contributed by atoms with Gasteiger partial charge in [0, 0.05) is 26.1 Å². The highest BCUT2D eigenvalue weighted by molar-refractivity contribution is 7.98. The number of nitrogens with zero attached hydrogens (tertiary/aromatic N) is 2. The minimum Gasteiger partial charge on any atom is -0.446 e. The minimum absolute atomic E-state index is 0.0948. The lowest BCUT2D eigenvalue weighted by atomic mass is 9.50. The molecule has 0 aromatic carbocycles. The van der Waals surface area contributed by atoms with Crippen molar-refractivity contribution in [2.24, 2.45) is 35.0 Å². The van der Waals surface area contributed by atoms with Gasteiger partial charge in [0.15, 0.2) is 0 Å². The second kappa shape index (κ2) is 17.6. The molecule has 1 heterocycles. The van der Waals surface area contributed by atoms with E-state index in [9.17, 15) is 45.0 Å². The standard InChI is InChI=1S/C25H39F3N2O3.C6H9F5S.C5H12O/c1-24-10-9-18-17-6-4-16(13-15(17)3-5-19(18)20(24)7-8-22(24)31)33-23(32)30-12-11-29(2)21(14-30)25(26,27)28;1-12-4-2-3-5(7,8)6(9,10)11;1-4-5(2,3)6/h15-22,31H,3-14H2,1-2H3;2-4H2,1H3;6H,4H2,1-3H3. The molecule has 300 valence electrons. The number of carbonyl (C=O) groups excluding carboxylic acids is 1. The van der Waals surface area contributed by atoms with Crippen LogP contribution in [0.2, 0.25) is 0 Å². The van der Waals surface area contributed by atoms with Crippen molar-refractivity contribution in [1.29, 1.82) is 0 Å². The summed E-state index contributed by atoms with van der Waals surface area (Å²) < 4.78 is 104. The number of hydrogen-bond donors (Lipinski definition) is 2. The van der Waals surface area contributed by atoms with Crippen LogP contribution in [0.1, 0.15) is 105 Å². The molecule has 1 amide bonds. The van der Waals surface area contributed by atoms with E-state index in [1.54, 1.807) is 20.1 Å². The van der Waals surface area contributed by atoms with E-state index in [1.165, 1.54) is 41.5 Å². The number of rotatable bonds is 6. The molecular weight excluding hydrogens is 708 g/mol. The maximum absolute atomic E-state index is 13.3. The molecule has 5 rings (SSSR count). The van der Waals surface area contributed by atoms with Crippen molar-refractivity contribution < 1.29 is 54.9 Å². The predicted molar refractivity (Wildman–Crippen MR) is 183 cm³/mol. The van der Waals surface area contributed by atoms with Crippen molar-refractivity contribution >= 4 is 17.9 Å². The molecular formula is C36H60F8N2O4S. The number of amides is 1. The van der Waals surface area contributed by atoms with Gasteiger partial charge in [0.2, 0.25) is 0 Å². The Morgan fingerprint density at radius 3 is 2.12 bits per heavy atom. The van der Waals surface area contributed by atoms with Gasteiger partial charge in [0.1, 0.15) is 12.1 Å². The lowest BCUT2D eigenvalue weighted by Crippen LogP contribution is -2.59. The molecule has 0 radical (unpaired) electrons. The van der Waals surface area contributed by atoms with Crippen molar-refractivity contribution in [1.82, 2.24) is 9.80 Å². The van der Waals surface area contributed by atoms with E-state index < -0.39 is 42.4 Å². The highest BCUT2D eigenvalue weighted by Gasteiger charge is 2.58. The van der Waals surface area contributed by atoms with Gasteiger partial charge in [-0.15, -0.1) is 0 Å². The van der Waals surface area contributed by atoms with Gasteiger partial charge < -0.3 is 19.8 Å². The largest absolute Gasteiger partial charge is 0.453 e. The Labute approximate surface area is 302 Å². The predicted octanol–water partition coefficient (Wildman–Crippen LogP) is 9.18. The van der Waals surface area contributed by atoms with E-state index in [0.29, 0.717) is 35.3 Å². The molecule has 5 aliphatic rings. The van der Waals surface area contributed by atoms with Crippen molar-refractivity contribution in [3.63, 3.8) is 0 Å². The SMILES string of the molecule is CCC(C)(C)O.CN1CCN(C(=O)OC2CCC3C(CCC4C3CCC3(C)C(O)CCC43)C2)CC1C(F)(F)F.CSCCCC(F)(F)C(F)(F)F. The maximum Gasteiger partial charge on any atom is 0.453 e. The van der Waals surface area contributed by atoms with Crippen LogP contribution in [-0.4, -0.2) is 107 Å². The van der Waals surface area contributed by atoms with E-state index in [4.69, 9.17) is 9.84 Å². The van der Waals surface area contributed by atoms with E-state index in [-0.39, 0.29) is 43.7 Å². The summed E-state index contributed by atoms with van der Waals surface area (Å²) >= 11 is 1.25. The number of aliphatic hydroxyl groups is 2. The van der Waals surface area contributed by atoms with Crippen LogP contribution in [-0.2, 0) is 4.74 Å². The molecule has 5 fully saturated rings. The Morgan fingerprint density at radius 2 is 1.55 bits per heavy atom. The first kappa shape index (κ1) is 44.3. The zero-order valence-electron chi connectivity index (χ0n) is 31.0. The van der Waals surface area contributed by atoms with E-state index in [0.717, 1.165) is 51.4 Å². The van der Waals surface area contributed by atoms with Crippen LogP contribution >= 0.6 is 11.8 Å². The number of likely N-dealkylation sites (N-methyl/N-ethyl adjacent to an activating group) is 1. The zero-order chi connectivity index (χ0) is 38.6. The Hall–Kier alpha value is -1.06. The first-order chi connectivity index (χ1) is 23.4. The van der Waals surface area contributed by atoms with Gasteiger partial charge in [-0.1, -0.05) is 13.8 Å². The van der Waals surface area contributed by atoms with Crippen LogP contribution in [0.3, 0.4) is 0 Å². The molecule has 4 saturated carbocycles. The van der Waals surface area contributed by atoms with Crippen molar-refractivity contribution in [3.05, 3.63) is 0 Å². The zero-order valence-corrected chi connectivity index (χ0v) is 31.8. The fourth-order valence-corrected chi connectivity index (χ4v) is 9.51. The first-order valence-corrected chi connectivity index (χ1v) is 19.9. The number of alkyl halides is 8. The molecule has 9 unspecified atom stereocenters. The summed E-state index contributed by atoms with van der Waals surface area (Å²) in [7, 11) is 1.46. The number of ether oxygens (including phenoxy) is 1. The van der Waals surface area contributed by atoms with Crippen LogP contribution < -0.4 is 0 Å². The molecule has 0 aromatic rings. The number of hydrogen-bond acceptors (Lipinski definition) is 6. The average Bonchev–Trinajstić information content (AvgIpc) is 3.34. The Balaban J connectivity index is 0.000000324. The topological polar surface area (TPSA) is 73.2 Å². The second-order valence-corrected chi connectivity index (χ2v) is 17.3. The third-order valence-corrected chi connectivity index (χ3v) is 13.2. The van der Waals surface area contributed by atoms with Crippen molar-refractivity contribution in [3.8, 4) is 0 Å². The van der Waals surface area contributed by atoms with Gasteiger partial charge in [-0.05, 0) is 139 Å². The second-order valence-electron chi connectivity index (χ2n) is 16.3. The molecule has 0 bridgehead atoms. The summed E-state index contributed by atoms with van der Waals surface area (Å²) in [5.41, 5.74) is -0.364. The van der Waals surface area contributed by atoms with E-state index >= 15 is 0 Å². The van der Waals surface area contributed by atoms with Crippen molar-refractivity contribution in [2.75, 3.05) is 38.7 Å².